The Morgan fingerprint density at radius 3 is 3.04 bits per heavy atom. The molecule has 3 aromatic heterocycles. The van der Waals surface area contributed by atoms with Gasteiger partial charge < -0.3 is 20.9 Å². The highest BCUT2D eigenvalue weighted by atomic mass is 19.1. The molecule has 0 bridgehead atoms. The first-order valence-corrected chi connectivity index (χ1v) is 7.32. The average Bonchev–Trinajstić information content (AvgIpc) is 2.95. The second-order valence-corrected chi connectivity index (χ2v) is 4.98. The van der Waals surface area contributed by atoms with E-state index in [0.29, 0.717) is 11.4 Å². The predicted molar refractivity (Wildman–Crippen MR) is 87.0 cm³/mol. The van der Waals surface area contributed by atoms with Crippen molar-refractivity contribution in [2.24, 2.45) is 0 Å². The maximum atomic E-state index is 12.8. The Balaban J connectivity index is 1.94. The molecule has 0 saturated heterocycles. The molecule has 0 aliphatic carbocycles. The fraction of sp³-hybridized carbons (Fsp3) is 0.200. The lowest BCUT2D eigenvalue weighted by molar-refractivity contribution is 0.102. The number of ether oxygens (including phenoxy) is 1. The molecular weight excluding hydrogens is 331 g/mol. The molecule has 25 heavy (non-hydrogen) atoms. The molecule has 9 nitrogen and oxygen atoms in total. The zero-order valence-corrected chi connectivity index (χ0v) is 13.0. The van der Waals surface area contributed by atoms with Crippen molar-refractivity contribution in [3.63, 3.8) is 0 Å². The third-order valence-corrected chi connectivity index (χ3v) is 3.31. The molecule has 0 aliphatic rings. The van der Waals surface area contributed by atoms with E-state index in [1.54, 1.807) is 6.07 Å². The van der Waals surface area contributed by atoms with Crippen molar-refractivity contribution < 1.29 is 19.0 Å². The summed E-state index contributed by atoms with van der Waals surface area (Å²) >= 11 is 0. The number of pyridine rings is 1. The quantitative estimate of drug-likeness (QED) is 0.602. The van der Waals surface area contributed by atoms with Crippen LogP contribution in [0.15, 0.2) is 30.7 Å². The van der Waals surface area contributed by atoms with Crippen molar-refractivity contribution in [2.45, 2.75) is 6.67 Å². The summed E-state index contributed by atoms with van der Waals surface area (Å²) in [6.07, 6.45) is 4.36. The van der Waals surface area contributed by atoms with Gasteiger partial charge in [0.2, 0.25) is 0 Å². The molecule has 10 heteroatoms. The number of alkyl halides is 1. The minimum atomic E-state index is -0.773. The van der Waals surface area contributed by atoms with Crippen LogP contribution in [0, 0.1) is 0 Å². The average molecular weight is 346 g/mol. The third-order valence-electron chi connectivity index (χ3n) is 3.31. The zero-order chi connectivity index (χ0) is 17.8. The van der Waals surface area contributed by atoms with Crippen LogP contribution in [0.5, 0.6) is 5.75 Å². The van der Waals surface area contributed by atoms with Gasteiger partial charge in [0.05, 0.1) is 18.5 Å². The number of halogens is 1. The first-order valence-electron chi connectivity index (χ1n) is 7.32. The highest BCUT2D eigenvalue weighted by Gasteiger charge is 2.21. The van der Waals surface area contributed by atoms with Crippen molar-refractivity contribution >= 4 is 23.1 Å². The Hall–Kier alpha value is -3.27. The number of carbonyl (C=O) groups is 1. The number of aromatic nitrogens is 4. The first-order chi connectivity index (χ1) is 12.1. The van der Waals surface area contributed by atoms with E-state index in [0.717, 1.165) is 0 Å². The lowest BCUT2D eigenvalue weighted by atomic mass is 10.2. The highest BCUT2D eigenvalue weighted by molar-refractivity contribution is 6.11. The number of aliphatic hydroxyl groups excluding tert-OH is 1. The van der Waals surface area contributed by atoms with Crippen LogP contribution in [0.25, 0.3) is 5.65 Å². The van der Waals surface area contributed by atoms with Gasteiger partial charge in [-0.15, -0.1) is 5.10 Å². The Bertz CT molecular complexity index is 913. The topological polar surface area (TPSA) is 128 Å². The smallest absolute Gasteiger partial charge is 0.263 e. The molecule has 0 aromatic carbocycles. The first kappa shape index (κ1) is 16.6. The van der Waals surface area contributed by atoms with Gasteiger partial charge in [0, 0.05) is 18.5 Å². The number of nitrogens with two attached hydrogens (primary N) is 1. The molecule has 0 saturated carbocycles. The SMILES string of the molecule is Nc1nn2ccc(CF)nc2c1C(=O)Nc1cnccc1OCCO. The number of anilines is 2. The van der Waals surface area contributed by atoms with Crippen molar-refractivity contribution in [2.75, 3.05) is 24.3 Å². The van der Waals surface area contributed by atoms with Crippen LogP contribution in [0.1, 0.15) is 16.1 Å². The van der Waals surface area contributed by atoms with Crippen LogP contribution in [0.4, 0.5) is 15.9 Å². The summed E-state index contributed by atoms with van der Waals surface area (Å²) in [5, 5.41) is 15.5. The maximum absolute atomic E-state index is 12.8. The number of rotatable bonds is 6. The number of nitrogens with zero attached hydrogens (tertiary/aromatic N) is 4. The van der Waals surface area contributed by atoms with E-state index in [1.165, 1.54) is 29.2 Å². The third kappa shape index (κ3) is 3.33. The van der Waals surface area contributed by atoms with Gasteiger partial charge >= 0.3 is 0 Å². The Morgan fingerprint density at radius 1 is 1.44 bits per heavy atom. The summed E-state index contributed by atoms with van der Waals surface area (Å²) in [4.78, 5) is 20.6. The number of amides is 1. The molecule has 3 aromatic rings. The van der Waals surface area contributed by atoms with Crippen LogP contribution < -0.4 is 15.8 Å². The number of carbonyl (C=O) groups excluding carboxylic acids is 1. The predicted octanol–water partition coefficient (Wildman–Crippen LogP) is 0.799. The van der Waals surface area contributed by atoms with Gasteiger partial charge in [-0.2, -0.15) is 0 Å². The summed E-state index contributed by atoms with van der Waals surface area (Å²) in [6, 6.07) is 2.99. The molecule has 0 radical (unpaired) electrons. The number of fused-ring (bicyclic) bond motifs is 1. The fourth-order valence-corrected chi connectivity index (χ4v) is 2.22. The lowest BCUT2D eigenvalue weighted by Gasteiger charge is -2.11. The molecule has 1 amide bonds. The summed E-state index contributed by atoms with van der Waals surface area (Å²) < 4.78 is 19.5. The van der Waals surface area contributed by atoms with Crippen molar-refractivity contribution in [1.29, 1.82) is 0 Å². The van der Waals surface area contributed by atoms with E-state index in [9.17, 15) is 9.18 Å². The molecule has 3 rings (SSSR count). The minimum absolute atomic E-state index is 0.0206. The largest absolute Gasteiger partial charge is 0.489 e. The van der Waals surface area contributed by atoms with E-state index >= 15 is 0 Å². The normalized spacial score (nSPS) is 10.8. The van der Waals surface area contributed by atoms with E-state index in [4.69, 9.17) is 15.6 Å². The maximum Gasteiger partial charge on any atom is 0.263 e. The molecular formula is C15H15FN6O3. The van der Waals surface area contributed by atoms with Gasteiger partial charge in [-0.3, -0.25) is 9.78 Å². The van der Waals surface area contributed by atoms with Gasteiger partial charge in [-0.05, 0) is 6.07 Å². The van der Waals surface area contributed by atoms with E-state index in [1.807, 2.05) is 0 Å². The zero-order valence-electron chi connectivity index (χ0n) is 13.0. The van der Waals surface area contributed by atoms with Crippen LogP contribution in [0.3, 0.4) is 0 Å². The van der Waals surface area contributed by atoms with Gasteiger partial charge in [0.1, 0.15) is 30.3 Å². The minimum Gasteiger partial charge on any atom is -0.489 e. The van der Waals surface area contributed by atoms with Crippen LogP contribution in [-0.4, -0.2) is 43.8 Å². The summed E-state index contributed by atoms with van der Waals surface area (Å²) in [5.74, 6) is -0.287. The summed E-state index contributed by atoms with van der Waals surface area (Å²) in [5.41, 5.74) is 6.43. The molecule has 0 unspecified atom stereocenters. The number of nitrogens with one attached hydrogen (secondary N) is 1. The molecule has 3 heterocycles. The fourth-order valence-electron chi connectivity index (χ4n) is 2.22. The Morgan fingerprint density at radius 2 is 2.28 bits per heavy atom. The monoisotopic (exact) mass is 346 g/mol. The summed E-state index contributed by atoms with van der Waals surface area (Å²) in [6.45, 7) is -0.885. The van der Waals surface area contributed by atoms with E-state index < -0.39 is 12.6 Å². The van der Waals surface area contributed by atoms with Gasteiger partial charge in [-0.25, -0.2) is 13.9 Å². The Kier molecular flexibility index (Phi) is 4.70. The van der Waals surface area contributed by atoms with Crippen molar-refractivity contribution in [3.8, 4) is 5.75 Å². The second kappa shape index (κ2) is 7.09. The number of hydrogen-bond acceptors (Lipinski definition) is 7. The van der Waals surface area contributed by atoms with Crippen LogP contribution in [0.2, 0.25) is 0 Å². The van der Waals surface area contributed by atoms with Crippen molar-refractivity contribution in [1.82, 2.24) is 19.6 Å². The van der Waals surface area contributed by atoms with Crippen LogP contribution >= 0.6 is 0 Å². The standard InChI is InChI=1S/C15H15FN6O3/c16-7-9-2-4-22-14(19-9)12(13(17)21-22)15(24)20-10-8-18-3-1-11(10)25-6-5-23/h1-4,8,23H,5-7H2,(H2,17,21)(H,20,24). The summed E-state index contributed by atoms with van der Waals surface area (Å²) in [7, 11) is 0. The molecule has 0 atom stereocenters. The van der Waals surface area contributed by atoms with Crippen molar-refractivity contribution in [3.05, 3.63) is 42.0 Å². The number of nitrogen functional groups attached to an aromatic ring is 1. The van der Waals surface area contributed by atoms with Gasteiger partial charge in [0.15, 0.2) is 11.5 Å². The molecule has 4 N–H and O–H groups in total. The number of hydrogen-bond donors (Lipinski definition) is 3. The Labute approximate surface area is 141 Å². The number of aliphatic hydroxyl groups is 1. The lowest BCUT2D eigenvalue weighted by Crippen LogP contribution is -2.15. The van der Waals surface area contributed by atoms with E-state index in [-0.39, 0.29) is 35.9 Å². The molecule has 0 spiro atoms. The molecule has 0 fully saturated rings. The van der Waals surface area contributed by atoms with Gasteiger partial charge in [0.25, 0.3) is 5.91 Å². The molecule has 130 valence electrons. The highest BCUT2D eigenvalue weighted by Crippen LogP contribution is 2.25. The van der Waals surface area contributed by atoms with Crippen LogP contribution in [-0.2, 0) is 6.67 Å². The van der Waals surface area contributed by atoms with Gasteiger partial charge in [-0.1, -0.05) is 0 Å². The molecule has 0 aliphatic heterocycles. The van der Waals surface area contributed by atoms with E-state index in [2.05, 4.69) is 20.4 Å². The second-order valence-electron chi connectivity index (χ2n) is 4.98.